The smallest absolute Gasteiger partial charge is 0.303 e. The van der Waals surface area contributed by atoms with Gasteiger partial charge in [0.15, 0.2) is 11.4 Å². The molecule has 0 aliphatic heterocycles. The minimum Gasteiger partial charge on any atom is -0.449 e. The molecule has 0 radical (unpaired) electrons. The molecule has 2 aliphatic carbocycles. The van der Waals surface area contributed by atoms with Crippen molar-refractivity contribution in [2.45, 2.75) is 38.7 Å². The molecule has 0 aromatic heterocycles. The number of Topliss-reactive ketones (excluding diaryl/α,β-unsaturated/α-hetero) is 1. The van der Waals surface area contributed by atoms with E-state index in [0.717, 1.165) is 6.42 Å². The molecule has 4 heteroatoms. The Bertz CT molecular complexity index is 384. The second-order valence-electron chi connectivity index (χ2n) is 4.70. The molecule has 2 aliphatic rings. The number of hydrogen-bond acceptors (Lipinski definition) is 4. The standard InChI is InChI=1S/C11H13NO3/c1-7(13)15-11-8(6-12)5-10(11,2)4-3-9(11)14/h8H,3-5H2,1-2H3. The Hall–Kier alpha value is -1.37. The molecule has 0 bridgehead atoms. The molecule has 2 rings (SSSR count). The zero-order valence-electron chi connectivity index (χ0n) is 8.87. The van der Waals surface area contributed by atoms with Crippen molar-refractivity contribution < 1.29 is 14.3 Å². The molecule has 15 heavy (non-hydrogen) atoms. The predicted molar refractivity (Wildman–Crippen MR) is 50.6 cm³/mol. The first kappa shape index (κ1) is 10.2. The molecule has 0 aromatic rings. The van der Waals surface area contributed by atoms with Crippen LogP contribution in [-0.4, -0.2) is 17.4 Å². The van der Waals surface area contributed by atoms with Gasteiger partial charge in [-0.2, -0.15) is 5.26 Å². The molecule has 0 heterocycles. The first-order valence-corrected chi connectivity index (χ1v) is 5.09. The highest BCUT2D eigenvalue weighted by molar-refractivity contribution is 5.95. The van der Waals surface area contributed by atoms with Gasteiger partial charge in [0, 0.05) is 18.8 Å². The monoisotopic (exact) mass is 207 g/mol. The van der Waals surface area contributed by atoms with E-state index in [1.54, 1.807) is 0 Å². The molecule has 0 N–H and O–H groups in total. The first-order valence-electron chi connectivity index (χ1n) is 5.09. The zero-order chi connectivity index (χ0) is 11.3. The molecule has 2 fully saturated rings. The fourth-order valence-corrected chi connectivity index (χ4v) is 3.04. The van der Waals surface area contributed by atoms with E-state index in [0.29, 0.717) is 12.8 Å². The fraction of sp³-hybridized carbons (Fsp3) is 0.727. The van der Waals surface area contributed by atoms with Crippen molar-refractivity contribution in [2.75, 3.05) is 0 Å². The Morgan fingerprint density at radius 1 is 1.67 bits per heavy atom. The molecule has 0 saturated heterocycles. The highest BCUT2D eigenvalue weighted by Crippen LogP contribution is 2.63. The van der Waals surface area contributed by atoms with E-state index in [2.05, 4.69) is 6.07 Å². The molecule has 4 nitrogen and oxygen atoms in total. The van der Waals surface area contributed by atoms with Gasteiger partial charge in [0.25, 0.3) is 0 Å². The fourth-order valence-electron chi connectivity index (χ4n) is 3.04. The van der Waals surface area contributed by atoms with Crippen LogP contribution in [0.3, 0.4) is 0 Å². The lowest BCUT2D eigenvalue weighted by molar-refractivity contribution is -0.207. The topological polar surface area (TPSA) is 67.2 Å². The number of fused-ring (bicyclic) bond motifs is 1. The summed E-state index contributed by atoms with van der Waals surface area (Å²) in [5.41, 5.74) is -1.44. The Kier molecular flexibility index (Phi) is 1.91. The van der Waals surface area contributed by atoms with E-state index >= 15 is 0 Å². The quantitative estimate of drug-likeness (QED) is 0.606. The van der Waals surface area contributed by atoms with Crippen molar-refractivity contribution in [3.8, 4) is 6.07 Å². The van der Waals surface area contributed by atoms with Gasteiger partial charge in [-0.25, -0.2) is 0 Å². The number of carbonyl (C=O) groups is 2. The average molecular weight is 207 g/mol. The minimum absolute atomic E-state index is 0.0852. The van der Waals surface area contributed by atoms with E-state index in [9.17, 15) is 9.59 Å². The number of ether oxygens (including phenoxy) is 1. The van der Waals surface area contributed by atoms with Crippen LogP contribution in [0.1, 0.15) is 33.1 Å². The van der Waals surface area contributed by atoms with Crippen LogP contribution in [0, 0.1) is 22.7 Å². The van der Waals surface area contributed by atoms with E-state index in [1.165, 1.54) is 6.92 Å². The van der Waals surface area contributed by atoms with E-state index in [4.69, 9.17) is 10.00 Å². The number of ketones is 1. The van der Waals surface area contributed by atoms with Crippen LogP contribution in [0.15, 0.2) is 0 Å². The first-order chi connectivity index (χ1) is 6.96. The lowest BCUT2D eigenvalue weighted by Gasteiger charge is -2.54. The molecule has 3 atom stereocenters. The summed E-state index contributed by atoms with van der Waals surface area (Å²) in [5, 5.41) is 8.95. The summed E-state index contributed by atoms with van der Waals surface area (Å²) in [6.07, 6.45) is 1.79. The van der Waals surface area contributed by atoms with Crippen molar-refractivity contribution >= 4 is 11.8 Å². The van der Waals surface area contributed by atoms with Crippen LogP contribution >= 0.6 is 0 Å². The van der Waals surface area contributed by atoms with E-state index in [-0.39, 0.29) is 11.2 Å². The molecule has 0 amide bonds. The predicted octanol–water partition coefficient (Wildman–Crippen LogP) is 1.20. The van der Waals surface area contributed by atoms with Gasteiger partial charge in [-0.3, -0.25) is 9.59 Å². The van der Waals surface area contributed by atoms with Crippen molar-refractivity contribution in [2.24, 2.45) is 11.3 Å². The molecular formula is C11H13NO3. The summed E-state index contributed by atoms with van der Waals surface area (Å²) in [5.74, 6) is -1.02. The molecule has 0 spiro atoms. The Labute approximate surface area is 88.2 Å². The third-order valence-corrected chi connectivity index (χ3v) is 3.82. The van der Waals surface area contributed by atoms with Crippen LogP contribution in [-0.2, 0) is 14.3 Å². The maximum absolute atomic E-state index is 11.8. The third-order valence-electron chi connectivity index (χ3n) is 3.82. The zero-order valence-corrected chi connectivity index (χ0v) is 8.87. The normalized spacial score (nSPS) is 42.7. The van der Waals surface area contributed by atoms with Crippen molar-refractivity contribution in [3.05, 3.63) is 0 Å². The van der Waals surface area contributed by atoms with Gasteiger partial charge in [0.2, 0.25) is 0 Å². The molecule has 2 saturated carbocycles. The van der Waals surface area contributed by atoms with Crippen LogP contribution in [0.25, 0.3) is 0 Å². The van der Waals surface area contributed by atoms with Gasteiger partial charge in [-0.15, -0.1) is 0 Å². The Balaban J connectivity index is 2.40. The summed E-state index contributed by atoms with van der Waals surface area (Å²) < 4.78 is 5.21. The number of nitrogens with zero attached hydrogens (tertiary/aromatic N) is 1. The maximum Gasteiger partial charge on any atom is 0.303 e. The van der Waals surface area contributed by atoms with Gasteiger partial charge < -0.3 is 4.74 Å². The Morgan fingerprint density at radius 3 is 2.80 bits per heavy atom. The van der Waals surface area contributed by atoms with E-state index in [1.807, 2.05) is 6.92 Å². The third kappa shape index (κ3) is 1.01. The molecule has 80 valence electrons. The van der Waals surface area contributed by atoms with Gasteiger partial charge >= 0.3 is 5.97 Å². The minimum atomic E-state index is -1.13. The van der Waals surface area contributed by atoms with Crippen molar-refractivity contribution in [1.29, 1.82) is 5.26 Å². The van der Waals surface area contributed by atoms with Gasteiger partial charge in [-0.05, 0) is 12.8 Å². The van der Waals surface area contributed by atoms with Crippen LogP contribution in [0.4, 0.5) is 0 Å². The maximum atomic E-state index is 11.8. The van der Waals surface area contributed by atoms with Crippen LogP contribution in [0.5, 0.6) is 0 Å². The molecule has 3 unspecified atom stereocenters. The summed E-state index contributed by atoms with van der Waals surface area (Å²) in [6, 6.07) is 2.08. The van der Waals surface area contributed by atoms with Crippen LogP contribution in [0.2, 0.25) is 0 Å². The number of esters is 1. The number of hydrogen-bond donors (Lipinski definition) is 0. The van der Waals surface area contributed by atoms with Gasteiger partial charge in [0.05, 0.1) is 12.0 Å². The lowest BCUT2D eigenvalue weighted by Crippen LogP contribution is -2.64. The summed E-state index contributed by atoms with van der Waals surface area (Å²) in [6.45, 7) is 3.21. The lowest BCUT2D eigenvalue weighted by atomic mass is 9.53. The largest absolute Gasteiger partial charge is 0.449 e. The van der Waals surface area contributed by atoms with Crippen LogP contribution < -0.4 is 0 Å². The highest BCUT2D eigenvalue weighted by atomic mass is 16.6. The number of nitriles is 1. The average Bonchev–Trinajstić information content (AvgIpc) is 2.33. The number of carbonyl (C=O) groups excluding carboxylic acids is 2. The van der Waals surface area contributed by atoms with E-state index < -0.39 is 17.5 Å². The SMILES string of the molecule is CC(=O)OC12C(=O)CCC1(C)CC2C#N. The molecule has 0 aromatic carbocycles. The Morgan fingerprint density at radius 2 is 2.33 bits per heavy atom. The second-order valence-corrected chi connectivity index (χ2v) is 4.70. The summed E-state index contributed by atoms with van der Waals surface area (Å²) >= 11 is 0. The summed E-state index contributed by atoms with van der Waals surface area (Å²) in [4.78, 5) is 22.9. The number of rotatable bonds is 1. The summed E-state index contributed by atoms with van der Waals surface area (Å²) in [7, 11) is 0. The highest BCUT2D eigenvalue weighted by Gasteiger charge is 2.73. The van der Waals surface area contributed by atoms with Gasteiger partial charge in [0.1, 0.15) is 0 Å². The van der Waals surface area contributed by atoms with Gasteiger partial charge in [-0.1, -0.05) is 6.92 Å². The second kappa shape index (κ2) is 2.82. The van der Waals surface area contributed by atoms with Crippen molar-refractivity contribution in [1.82, 2.24) is 0 Å². The molecular weight excluding hydrogens is 194 g/mol. The van der Waals surface area contributed by atoms with Crippen molar-refractivity contribution in [3.63, 3.8) is 0 Å².